The molecule has 1 unspecified atom stereocenters. The molecule has 1 atom stereocenters. The largest absolute Gasteiger partial charge is 0.356 e. The molecule has 0 saturated carbocycles. The third kappa shape index (κ3) is 4.43. The molecule has 2 saturated heterocycles. The molecule has 1 aromatic carbocycles. The van der Waals surface area contributed by atoms with Crippen LogP contribution in [0, 0.1) is 11.7 Å². The highest BCUT2D eigenvalue weighted by Crippen LogP contribution is 2.35. The van der Waals surface area contributed by atoms with Gasteiger partial charge in [-0.3, -0.25) is 14.3 Å². The number of rotatable bonds is 4. The second-order valence-corrected chi connectivity index (χ2v) is 8.80. The van der Waals surface area contributed by atoms with Crippen molar-refractivity contribution in [2.45, 2.75) is 25.3 Å². The second kappa shape index (κ2) is 9.07. The van der Waals surface area contributed by atoms with Gasteiger partial charge in [0.15, 0.2) is 0 Å². The summed E-state index contributed by atoms with van der Waals surface area (Å²) in [5, 5.41) is 5.94. The van der Waals surface area contributed by atoms with Crippen LogP contribution in [0.4, 0.5) is 10.2 Å². The average Bonchev–Trinajstić information content (AvgIpc) is 3.47. The molecule has 172 valence electrons. The number of halogens is 2. The molecule has 10 heteroatoms. The van der Waals surface area contributed by atoms with E-state index in [1.165, 1.54) is 17.2 Å². The molecule has 0 radical (unpaired) electrons. The van der Waals surface area contributed by atoms with E-state index in [1.54, 1.807) is 23.3 Å². The fourth-order valence-electron chi connectivity index (χ4n) is 4.58. The van der Waals surface area contributed by atoms with Crippen LogP contribution in [0.2, 0.25) is 5.02 Å². The van der Waals surface area contributed by atoms with Crippen molar-refractivity contribution in [1.29, 1.82) is 0 Å². The van der Waals surface area contributed by atoms with Gasteiger partial charge in [-0.15, -0.1) is 0 Å². The number of carbonyl (C=O) groups excluding carboxylic acids is 1. The van der Waals surface area contributed by atoms with Crippen LogP contribution >= 0.6 is 11.6 Å². The molecule has 0 spiro atoms. The van der Waals surface area contributed by atoms with E-state index in [0.29, 0.717) is 49.5 Å². The zero-order valence-corrected chi connectivity index (χ0v) is 19.0. The topological polar surface area (TPSA) is 76.4 Å². The van der Waals surface area contributed by atoms with Gasteiger partial charge in [0.1, 0.15) is 18.0 Å². The molecule has 0 bridgehead atoms. The highest BCUT2D eigenvalue weighted by Gasteiger charge is 2.37. The number of hydroxylamine groups is 2. The Morgan fingerprint density at radius 1 is 1.15 bits per heavy atom. The van der Waals surface area contributed by atoms with Crippen molar-refractivity contribution in [3.8, 4) is 11.4 Å². The van der Waals surface area contributed by atoms with Gasteiger partial charge >= 0.3 is 0 Å². The minimum absolute atomic E-state index is 0.0594. The Hall–Kier alpha value is -3.04. The van der Waals surface area contributed by atoms with E-state index in [1.807, 2.05) is 19.2 Å². The second-order valence-electron chi connectivity index (χ2n) is 8.37. The van der Waals surface area contributed by atoms with Gasteiger partial charge in [-0.25, -0.2) is 19.4 Å². The third-order valence-electron chi connectivity index (χ3n) is 6.30. The van der Waals surface area contributed by atoms with Gasteiger partial charge in [0.2, 0.25) is 5.91 Å². The van der Waals surface area contributed by atoms with Crippen molar-refractivity contribution in [2.24, 2.45) is 13.0 Å². The third-order valence-corrected chi connectivity index (χ3v) is 6.51. The molecule has 33 heavy (non-hydrogen) atoms. The van der Waals surface area contributed by atoms with Crippen molar-refractivity contribution in [3.63, 3.8) is 0 Å². The van der Waals surface area contributed by atoms with Gasteiger partial charge in [-0.05, 0) is 42.7 Å². The Bertz CT molecular complexity index is 1140. The molecule has 2 fully saturated rings. The Kier molecular flexibility index (Phi) is 5.99. The van der Waals surface area contributed by atoms with E-state index in [0.717, 1.165) is 17.2 Å². The summed E-state index contributed by atoms with van der Waals surface area (Å²) in [5.41, 5.74) is 2.38. The molecule has 1 amide bonds. The number of amides is 1. The molecular weight excluding hydrogens is 447 g/mol. The van der Waals surface area contributed by atoms with Crippen LogP contribution < -0.4 is 4.90 Å². The first-order chi connectivity index (χ1) is 16.0. The quantitative estimate of drug-likeness (QED) is 0.577. The predicted octanol–water partition coefficient (Wildman–Crippen LogP) is 3.79. The first kappa shape index (κ1) is 21.8. The Morgan fingerprint density at radius 3 is 2.70 bits per heavy atom. The number of hydrogen-bond acceptors (Lipinski definition) is 6. The molecule has 5 rings (SSSR count). The molecule has 8 nitrogen and oxygen atoms in total. The van der Waals surface area contributed by atoms with E-state index < -0.39 is 5.82 Å². The van der Waals surface area contributed by atoms with Gasteiger partial charge in [-0.2, -0.15) is 5.10 Å². The standard InChI is InChI=1S/C23H24ClFN6O2/c1-29-21(2-6-28-29)19-13-22(27-14-26-19)30-7-3-15(4-8-30)23(32)31-20(5-9-33-31)16-10-17(24)12-18(25)11-16/h2,6,10-15,20H,3-5,7-9H2,1H3. The molecule has 0 N–H and O–H groups in total. The summed E-state index contributed by atoms with van der Waals surface area (Å²) in [6.45, 7) is 1.81. The van der Waals surface area contributed by atoms with E-state index in [-0.39, 0.29) is 17.9 Å². The zero-order valence-electron chi connectivity index (χ0n) is 18.2. The van der Waals surface area contributed by atoms with Gasteiger partial charge in [0, 0.05) is 49.8 Å². The van der Waals surface area contributed by atoms with Crippen LogP contribution in [0.15, 0.2) is 42.9 Å². The Labute approximate surface area is 195 Å². The molecule has 0 aliphatic carbocycles. The van der Waals surface area contributed by atoms with Crippen LogP contribution in [0.1, 0.15) is 30.9 Å². The Balaban J connectivity index is 1.26. The summed E-state index contributed by atoms with van der Waals surface area (Å²) >= 11 is 6.03. The first-order valence-corrected chi connectivity index (χ1v) is 11.3. The summed E-state index contributed by atoms with van der Waals surface area (Å²) < 4.78 is 15.6. The maximum Gasteiger partial charge on any atom is 0.249 e. The van der Waals surface area contributed by atoms with Crippen molar-refractivity contribution < 1.29 is 14.0 Å². The maximum absolute atomic E-state index is 13.9. The zero-order chi connectivity index (χ0) is 22.9. The van der Waals surface area contributed by atoms with Crippen molar-refractivity contribution >= 4 is 23.3 Å². The number of anilines is 1. The summed E-state index contributed by atoms with van der Waals surface area (Å²) in [6, 6.07) is 7.91. The number of aromatic nitrogens is 4. The Morgan fingerprint density at radius 2 is 1.97 bits per heavy atom. The van der Waals surface area contributed by atoms with Gasteiger partial charge in [0.25, 0.3) is 0 Å². The van der Waals surface area contributed by atoms with Crippen molar-refractivity contribution in [2.75, 3.05) is 24.6 Å². The van der Waals surface area contributed by atoms with E-state index in [4.69, 9.17) is 16.4 Å². The van der Waals surface area contributed by atoms with Crippen molar-refractivity contribution in [3.05, 3.63) is 59.3 Å². The lowest BCUT2D eigenvalue weighted by atomic mass is 9.94. The molecule has 2 aliphatic rings. The molecule has 2 aromatic heterocycles. The summed E-state index contributed by atoms with van der Waals surface area (Å²) in [4.78, 5) is 29.9. The van der Waals surface area contributed by atoms with Crippen molar-refractivity contribution in [1.82, 2.24) is 24.8 Å². The summed E-state index contributed by atoms with van der Waals surface area (Å²) in [6.07, 6.45) is 5.27. The fourth-order valence-corrected chi connectivity index (χ4v) is 4.81. The lowest BCUT2D eigenvalue weighted by Gasteiger charge is -2.34. The summed E-state index contributed by atoms with van der Waals surface area (Å²) in [5.74, 6) is 0.192. The molecule has 3 aromatic rings. The van der Waals surface area contributed by atoms with Crippen LogP contribution in [0.25, 0.3) is 11.4 Å². The van der Waals surface area contributed by atoms with Crippen LogP contribution in [0.3, 0.4) is 0 Å². The maximum atomic E-state index is 13.9. The highest BCUT2D eigenvalue weighted by atomic mass is 35.5. The number of nitrogens with zero attached hydrogens (tertiary/aromatic N) is 6. The lowest BCUT2D eigenvalue weighted by molar-refractivity contribution is -0.182. The number of carbonyl (C=O) groups is 1. The van der Waals surface area contributed by atoms with Gasteiger partial charge < -0.3 is 4.90 Å². The average molecular weight is 471 g/mol. The molecule has 4 heterocycles. The lowest BCUT2D eigenvalue weighted by Crippen LogP contribution is -2.42. The minimum atomic E-state index is -0.416. The molecular formula is C23H24ClFN6O2. The highest BCUT2D eigenvalue weighted by molar-refractivity contribution is 6.30. The van der Waals surface area contributed by atoms with Gasteiger partial charge in [-0.1, -0.05) is 11.6 Å². The summed E-state index contributed by atoms with van der Waals surface area (Å²) in [7, 11) is 1.87. The van der Waals surface area contributed by atoms with E-state index in [9.17, 15) is 9.18 Å². The number of aryl methyl sites for hydroxylation is 1. The smallest absolute Gasteiger partial charge is 0.249 e. The normalized spacial score (nSPS) is 19.3. The van der Waals surface area contributed by atoms with Gasteiger partial charge in [0.05, 0.1) is 24.0 Å². The van der Waals surface area contributed by atoms with Crippen LogP contribution in [-0.2, 0) is 16.7 Å². The van der Waals surface area contributed by atoms with Crippen LogP contribution in [-0.4, -0.2) is 50.4 Å². The first-order valence-electron chi connectivity index (χ1n) is 11.0. The number of hydrogen-bond donors (Lipinski definition) is 0. The van der Waals surface area contributed by atoms with E-state index in [2.05, 4.69) is 20.0 Å². The van der Waals surface area contributed by atoms with Crippen LogP contribution in [0.5, 0.6) is 0 Å². The van der Waals surface area contributed by atoms with E-state index >= 15 is 0 Å². The predicted molar refractivity (Wildman–Crippen MR) is 121 cm³/mol. The molecule has 2 aliphatic heterocycles. The number of piperidine rings is 1. The fraction of sp³-hybridized carbons (Fsp3) is 0.391. The SMILES string of the molecule is Cn1nccc1-c1cc(N2CCC(C(=O)N3OCCC3c3cc(F)cc(Cl)c3)CC2)ncn1. The number of benzene rings is 1. The monoisotopic (exact) mass is 470 g/mol. The minimum Gasteiger partial charge on any atom is -0.356 e.